The molecule has 8 heteroatoms. The summed E-state index contributed by atoms with van der Waals surface area (Å²) in [5.41, 5.74) is -0.577. The van der Waals surface area contributed by atoms with Crippen LogP contribution >= 0.6 is 0 Å². The van der Waals surface area contributed by atoms with Crippen LogP contribution in [0.15, 0.2) is 0 Å². The Morgan fingerprint density at radius 1 is 1.32 bits per heavy atom. The largest absolute Gasteiger partial charge is 0.394 e. The van der Waals surface area contributed by atoms with Gasteiger partial charge in [0.2, 0.25) is 0 Å². The summed E-state index contributed by atoms with van der Waals surface area (Å²) in [5.74, 6) is 0. The Kier molecular flexibility index (Phi) is 4.49. The van der Waals surface area contributed by atoms with Crippen molar-refractivity contribution in [3.8, 4) is 0 Å². The minimum atomic E-state index is -3.46. The zero-order chi connectivity index (χ0) is 14.1. The molecule has 2 rings (SSSR count). The summed E-state index contributed by atoms with van der Waals surface area (Å²) in [7, 11) is -3.46. The van der Waals surface area contributed by atoms with Crippen LogP contribution in [0.3, 0.4) is 0 Å². The van der Waals surface area contributed by atoms with E-state index in [4.69, 9.17) is 4.74 Å². The molecule has 2 aliphatic rings. The van der Waals surface area contributed by atoms with Crippen molar-refractivity contribution >= 4 is 10.2 Å². The first kappa shape index (κ1) is 15.1. The molecule has 1 atom stereocenters. The molecule has 19 heavy (non-hydrogen) atoms. The maximum atomic E-state index is 12.6. The van der Waals surface area contributed by atoms with Crippen molar-refractivity contribution in [1.82, 2.24) is 13.9 Å². The summed E-state index contributed by atoms with van der Waals surface area (Å²) in [6, 6.07) is 0. The standard InChI is InChI=1S/C11H23N3O4S/c1-11(2)9-14(7-10(8-15)18-11)19(16,17)13-5-3-12-4-6-13/h10,12,15H,3-9H2,1-2H3. The van der Waals surface area contributed by atoms with Gasteiger partial charge in [0.05, 0.1) is 18.3 Å². The Balaban J connectivity index is 2.14. The fraction of sp³-hybridized carbons (Fsp3) is 1.00. The molecule has 2 heterocycles. The lowest BCUT2D eigenvalue weighted by molar-refractivity contribution is -0.132. The van der Waals surface area contributed by atoms with E-state index in [1.165, 1.54) is 8.61 Å². The van der Waals surface area contributed by atoms with E-state index >= 15 is 0 Å². The average molecular weight is 293 g/mol. The lowest BCUT2D eigenvalue weighted by Crippen LogP contribution is -2.60. The summed E-state index contributed by atoms with van der Waals surface area (Å²) in [5, 5.41) is 12.4. The number of rotatable bonds is 3. The molecule has 0 spiro atoms. The van der Waals surface area contributed by atoms with Crippen molar-refractivity contribution in [2.45, 2.75) is 25.6 Å². The third-order valence-electron chi connectivity index (χ3n) is 3.38. The van der Waals surface area contributed by atoms with Crippen LogP contribution in [0.5, 0.6) is 0 Å². The van der Waals surface area contributed by atoms with Crippen LogP contribution in [0, 0.1) is 0 Å². The van der Waals surface area contributed by atoms with Crippen LogP contribution in [0.4, 0.5) is 0 Å². The van der Waals surface area contributed by atoms with Crippen molar-refractivity contribution in [3.05, 3.63) is 0 Å². The van der Waals surface area contributed by atoms with E-state index in [2.05, 4.69) is 5.32 Å². The van der Waals surface area contributed by atoms with Crippen molar-refractivity contribution in [2.24, 2.45) is 0 Å². The van der Waals surface area contributed by atoms with E-state index < -0.39 is 21.9 Å². The molecule has 0 amide bonds. The molecule has 7 nitrogen and oxygen atoms in total. The number of aliphatic hydroxyl groups is 1. The second kappa shape index (κ2) is 5.63. The normalized spacial score (nSPS) is 30.4. The van der Waals surface area contributed by atoms with Gasteiger partial charge in [-0.3, -0.25) is 0 Å². The number of morpholine rings is 1. The van der Waals surface area contributed by atoms with Crippen LogP contribution in [0.2, 0.25) is 0 Å². The first-order valence-corrected chi connectivity index (χ1v) is 7.99. The molecule has 0 aromatic rings. The number of hydrogen-bond acceptors (Lipinski definition) is 5. The predicted molar refractivity (Wildman–Crippen MR) is 71.0 cm³/mol. The highest BCUT2D eigenvalue weighted by Crippen LogP contribution is 2.24. The topological polar surface area (TPSA) is 82.1 Å². The molecule has 2 saturated heterocycles. The van der Waals surface area contributed by atoms with E-state index in [9.17, 15) is 13.5 Å². The van der Waals surface area contributed by atoms with Gasteiger partial charge in [0.15, 0.2) is 0 Å². The molecule has 2 N–H and O–H groups in total. The Labute approximate surface area is 114 Å². The lowest BCUT2D eigenvalue weighted by Gasteiger charge is -2.43. The Hall–Kier alpha value is -0.250. The molecule has 0 aliphatic carbocycles. The van der Waals surface area contributed by atoms with Gasteiger partial charge in [-0.05, 0) is 13.8 Å². The van der Waals surface area contributed by atoms with Gasteiger partial charge >= 0.3 is 0 Å². The van der Waals surface area contributed by atoms with Gasteiger partial charge in [0.25, 0.3) is 10.2 Å². The van der Waals surface area contributed by atoms with Gasteiger partial charge < -0.3 is 15.2 Å². The van der Waals surface area contributed by atoms with Gasteiger partial charge in [-0.2, -0.15) is 17.0 Å². The van der Waals surface area contributed by atoms with Crippen molar-refractivity contribution in [3.63, 3.8) is 0 Å². The quantitative estimate of drug-likeness (QED) is 0.669. The van der Waals surface area contributed by atoms with Crippen LogP contribution in [0.25, 0.3) is 0 Å². The monoisotopic (exact) mass is 293 g/mol. The highest BCUT2D eigenvalue weighted by atomic mass is 32.2. The van der Waals surface area contributed by atoms with Crippen molar-refractivity contribution < 1.29 is 18.3 Å². The molecular formula is C11H23N3O4S. The first-order valence-electron chi connectivity index (χ1n) is 6.60. The van der Waals surface area contributed by atoms with Crippen LogP contribution in [-0.2, 0) is 14.9 Å². The maximum absolute atomic E-state index is 12.6. The molecule has 0 aromatic carbocycles. The summed E-state index contributed by atoms with van der Waals surface area (Å²) < 4.78 is 33.7. The molecule has 2 aliphatic heterocycles. The summed E-state index contributed by atoms with van der Waals surface area (Å²) in [6.07, 6.45) is -0.457. The minimum absolute atomic E-state index is 0.170. The van der Waals surface area contributed by atoms with Gasteiger partial charge in [-0.1, -0.05) is 0 Å². The number of hydrogen-bond donors (Lipinski definition) is 2. The Morgan fingerprint density at radius 3 is 2.53 bits per heavy atom. The molecule has 0 saturated carbocycles. The number of piperazine rings is 1. The van der Waals surface area contributed by atoms with Gasteiger partial charge in [-0.15, -0.1) is 0 Å². The van der Waals surface area contributed by atoms with Gasteiger partial charge in [0, 0.05) is 39.3 Å². The zero-order valence-corrected chi connectivity index (χ0v) is 12.3. The minimum Gasteiger partial charge on any atom is -0.394 e. The summed E-state index contributed by atoms with van der Waals surface area (Å²) in [6.45, 7) is 6.38. The van der Waals surface area contributed by atoms with Crippen LogP contribution < -0.4 is 5.32 Å². The van der Waals surface area contributed by atoms with Crippen LogP contribution in [0.1, 0.15) is 13.8 Å². The highest BCUT2D eigenvalue weighted by Gasteiger charge is 2.41. The summed E-state index contributed by atoms with van der Waals surface area (Å²) in [4.78, 5) is 0. The second-order valence-electron chi connectivity index (χ2n) is 5.63. The average Bonchev–Trinajstić information content (AvgIpc) is 2.37. The fourth-order valence-electron chi connectivity index (χ4n) is 2.55. The number of ether oxygens (including phenoxy) is 1. The molecule has 2 fully saturated rings. The molecule has 0 bridgehead atoms. The smallest absolute Gasteiger partial charge is 0.282 e. The lowest BCUT2D eigenvalue weighted by atomic mass is 10.1. The zero-order valence-electron chi connectivity index (χ0n) is 11.5. The maximum Gasteiger partial charge on any atom is 0.282 e. The number of aliphatic hydroxyl groups excluding tert-OH is 1. The molecular weight excluding hydrogens is 270 g/mol. The van der Waals surface area contributed by atoms with E-state index in [1.807, 2.05) is 13.8 Å². The first-order chi connectivity index (χ1) is 8.85. The number of nitrogens with one attached hydrogen (secondary N) is 1. The summed E-state index contributed by atoms with van der Waals surface area (Å²) >= 11 is 0. The van der Waals surface area contributed by atoms with E-state index in [0.717, 1.165) is 0 Å². The Bertz CT molecular complexity index is 406. The van der Waals surface area contributed by atoms with E-state index in [-0.39, 0.29) is 13.2 Å². The van der Waals surface area contributed by atoms with E-state index in [0.29, 0.717) is 32.7 Å². The van der Waals surface area contributed by atoms with Crippen molar-refractivity contribution in [2.75, 3.05) is 45.9 Å². The third-order valence-corrected chi connectivity index (χ3v) is 5.33. The molecule has 1 unspecified atom stereocenters. The molecule has 0 radical (unpaired) electrons. The SMILES string of the molecule is CC1(C)CN(S(=O)(=O)N2CCNCC2)CC(CO)O1. The van der Waals surface area contributed by atoms with Gasteiger partial charge in [-0.25, -0.2) is 0 Å². The third kappa shape index (κ3) is 3.45. The predicted octanol–water partition coefficient (Wildman–Crippen LogP) is -1.39. The highest BCUT2D eigenvalue weighted by molar-refractivity contribution is 7.86. The van der Waals surface area contributed by atoms with Gasteiger partial charge in [0.1, 0.15) is 0 Å². The van der Waals surface area contributed by atoms with E-state index in [1.54, 1.807) is 0 Å². The fourth-order valence-corrected chi connectivity index (χ4v) is 4.35. The molecule has 112 valence electrons. The second-order valence-corrected chi connectivity index (χ2v) is 7.56. The van der Waals surface area contributed by atoms with Crippen molar-refractivity contribution in [1.29, 1.82) is 0 Å². The molecule has 0 aromatic heterocycles. The Morgan fingerprint density at radius 2 is 1.95 bits per heavy atom. The number of nitrogens with zero attached hydrogens (tertiary/aromatic N) is 2. The van der Waals surface area contributed by atoms with Crippen LogP contribution in [-0.4, -0.2) is 79.7 Å².